The third-order valence-corrected chi connectivity index (χ3v) is 6.97. The molecular weight excluding hydrogens is 423 g/mol. The number of amides is 2. The van der Waals surface area contributed by atoms with Crippen LogP contribution in [-0.2, 0) is 16.1 Å². The maximum atomic E-state index is 13.4. The zero-order chi connectivity index (χ0) is 21.8. The lowest BCUT2D eigenvalue weighted by molar-refractivity contribution is -0.128. The summed E-state index contributed by atoms with van der Waals surface area (Å²) in [5.41, 5.74) is 1.43. The highest BCUT2D eigenvalue weighted by Gasteiger charge is 2.39. The van der Waals surface area contributed by atoms with Gasteiger partial charge in [-0.15, -0.1) is 11.8 Å². The minimum Gasteiger partial charge on any atom is -0.356 e. The van der Waals surface area contributed by atoms with Crippen molar-refractivity contribution in [2.45, 2.75) is 43.9 Å². The van der Waals surface area contributed by atoms with Crippen molar-refractivity contribution >= 4 is 40.9 Å². The number of fused-ring (bicyclic) bond motifs is 1. The van der Waals surface area contributed by atoms with E-state index in [2.05, 4.69) is 19.2 Å². The van der Waals surface area contributed by atoms with Crippen molar-refractivity contribution in [3.63, 3.8) is 0 Å². The molecule has 0 saturated carbocycles. The van der Waals surface area contributed by atoms with E-state index in [1.165, 1.54) is 23.9 Å². The van der Waals surface area contributed by atoms with Crippen LogP contribution in [-0.4, -0.2) is 23.6 Å². The van der Waals surface area contributed by atoms with Gasteiger partial charge in [0.05, 0.1) is 18.2 Å². The van der Waals surface area contributed by atoms with Crippen LogP contribution in [0.3, 0.4) is 0 Å². The summed E-state index contributed by atoms with van der Waals surface area (Å²) in [6.07, 6.45) is 0.891. The summed E-state index contributed by atoms with van der Waals surface area (Å²) in [6.45, 7) is 6.81. The first kappa shape index (κ1) is 22.6. The molecule has 2 aromatic rings. The van der Waals surface area contributed by atoms with Gasteiger partial charge in [0.1, 0.15) is 11.1 Å². The monoisotopic (exact) mass is 448 g/mol. The van der Waals surface area contributed by atoms with E-state index >= 15 is 0 Å². The van der Waals surface area contributed by atoms with Gasteiger partial charge in [-0.2, -0.15) is 0 Å². The van der Waals surface area contributed by atoms with Gasteiger partial charge in [0, 0.05) is 16.5 Å². The Bertz CT molecular complexity index is 937. The van der Waals surface area contributed by atoms with Crippen LogP contribution >= 0.6 is 23.4 Å². The summed E-state index contributed by atoms with van der Waals surface area (Å²) in [4.78, 5) is 28.7. The third kappa shape index (κ3) is 5.16. The molecule has 0 fully saturated rings. The van der Waals surface area contributed by atoms with E-state index < -0.39 is 17.0 Å². The molecule has 3 rings (SSSR count). The Balaban J connectivity index is 1.84. The average Bonchev–Trinajstić information content (AvgIpc) is 2.70. The average molecular weight is 449 g/mol. The van der Waals surface area contributed by atoms with Gasteiger partial charge >= 0.3 is 0 Å². The van der Waals surface area contributed by atoms with Gasteiger partial charge in [0.25, 0.3) is 0 Å². The molecule has 0 saturated heterocycles. The standard InChI is InChI=1S/C23H26ClFN2O2S/c1-14(2)10-11-26-22(28)15(3)21-23(29)27(19-6-4-5-7-20(19)30-21)13-16-8-9-17(25)12-18(16)24/h4-9,12,14-15,21H,10-11,13H2,1-3H3,(H,26,28)/t15-,21-/m0/s1. The number of halogens is 2. The fourth-order valence-electron chi connectivity index (χ4n) is 3.32. The molecule has 2 atom stereocenters. The molecule has 0 aliphatic carbocycles. The normalized spacial score (nSPS) is 17.1. The number of rotatable bonds is 7. The number of thioether (sulfide) groups is 1. The van der Waals surface area contributed by atoms with Crippen molar-refractivity contribution in [3.05, 3.63) is 58.9 Å². The Morgan fingerprint density at radius 2 is 1.97 bits per heavy atom. The Hall–Kier alpha value is -2.05. The smallest absolute Gasteiger partial charge is 0.241 e. The fourth-order valence-corrected chi connectivity index (χ4v) is 4.83. The van der Waals surface area contributed by atoms with Crippen LogP contribution in [0.4, 0.5) is 10.1 Å². The Morgan fingerprint density at radius 3 is 2.67 bits per heavy atom. The summed E-state index contributed by atoms with van der Waals surface area (Å²) >= 11 is 7.63. The summed E-state index contributed by atoms with van der Waals surface area (Å²) in [7, 11) is 0. The van der Waals surface area contributed by atoms with Crippen molar-refractivity contribution in [1.82, 2.24) is 5.32 Å². The van der Waals surface area contributed by atoms with Crippen LogP contribution < -0.4 is 10.2 Å². The molecule has 0 unspecified atom stereocenters. The number of hydrogen-bond donors (Lipinski definition) is 1. The minimum atomic E-state index is -0.543. The van der Waals surface area contributed by atoms with Crippen LogP contribution in [0.15, 0.2) is 47.4 Å². The number of benzene rings is 2. The van der Waals surface area contributed by atoms with Crippen LogP contribution in [0.5, 0.6) is 0 Å². The van der Waals surface area contributed by atoms with Gasteiger partial charge in [0.15, 0.2) is 0 Å². The van der Waals surface area contributed by atoms with Gasteiger partial charge in [-0.25, -0.2) is 4.39 Å². The summed E-state index contributed by atoms with van der Waals surface area (Å²) < 4.78 is 13.4. The fraction of sp³-hybridized carbons (Fsp3) is 0.391. The molecule has 1 heterocycles. The lowest BCUT2D eigenvalue weighted by Crippen LogP contribution is -2.47. The molecule has 1 N–H and O–H groups in total. The highest BCUT2D eigenvalue weighted by Crippen LogP contribution is 2.42. The second kappa shape index (κ2) is 9.84. The maximum Gasteiger partial charge on any atom is 0.241 e. The highest BCUT2D eigenvalue weighted by atomic mass is 35.5. The van der Waals surface area contributed by atoms with Crippen LogP contribution in [0, 0.1) is 17.7 Å². The third-order valence-electron chi connectivity index (χ3n) is 5.15. The lowest BCUT2D eigenvalue weighted by atomic mass is 10.0. The van der Waals surface area contributed by atoms with E-state index in [1.54, 1.807) is 17.9 Å². The number of anilines is 1. The van der Waals surface area contributed by atoms with E-state index in [1.807, 2.05) is 24.3 Å². The van der Waals surface area contributed by atoms with Gasteiger partial charge in [-0.05, 0) is 42.2 Å². The highest BCUT2D eigenvalue weighted by molar-refractivity contribution is 8.01. The van der Waals surface area contributed by atoms with E-state index in [4.69, 9.17) is 11.6 Å². The largest absolute Gasteiger partial charge is 0.356 e. The van der Waals surface area contributed by atoms with E-state index in [0.717, 1.165) is 17.0 Å². The molecule has 2 amide bonds. The summed E-state index contributed by atoms with van der Waals surface area (Å²) in [6, 6.07) is 11.8. The van der Waals surface area contributed by atoms with Crippen molar-refractivity contribution < 1.29 is 14.0 Å². The number of carbonyl (C=O) groups is 2. The Labute approximate surface area is 186 Å². The number of hydrogen-bond acceptors (Lipinski definition) is 3. The molecule has 1 aliphatic rings. The van der Waals surface area contributed by atoms with E-state index in [9.17, 15) is 14.0 Å². The molecule has 2 aromatic carbocycles. The van der Waals surface area contributed by atoms with E-state index in [-0.39, 0.29) is 23.4 Å². The van der Waals surface area contributed by atoms with Crippen molar-refractivity contribution in [2.75, 3.05) is 11.4 Å². The van der Waals surface area contributed by atoms with Crippen LogP contribution in [0.25, 0.3) is 0 Å². The van der Waals surface area contributed by atoms with Gasteiger partial charge < -0.3 is 10.2 Å². The molecule has 1 aliphatic heterocycles. The topological polar surface area (TPSA) is 49.4 Å². The molecule has 0 aromatic heterocycles. The first-order valence-corrected chi connectivity index (χ1v) is 11.3. The van der Waals surface area contributed by atoms with Crippen LogP contribution in [0.1, 0.15) is 32.8 Å². The maximum absolute atomic E-state index is 13.4. The Kier molecular flexibility index (Phi) is 7.42. The van der Waals surface area contributed by atoms with E-state index in [0.29, 0.717) is 18.0 Å². The quantitative estimate of drug-likeness (QED) is 0.626. The molecule has 160 valence electrons. The second-order valence-electron chi connectivity index (χ2n) is 7.93. The molecule has 0 spiro atoms. The minimum absolute atomic E-state index is 0.124. The summed E-state index contributed by atoms with van der Waals surface area (Å²) in [5, 5.41) is 2.68. The molecular formula is C23H26ClFN2O2S. The van der Waals surface area contributed by atoms with Crippen molar-refractivity contribution in [1.29, 1.82) is 0 Å². The molecule has 0 radical (unpaired) electrons. The number of para-hydroxylation sites is 1. The number of carbonyl (C=O) groups excluding carboxylic acids is 2. The first-order valence-electron chi connectivity index (χ1n) is 10.1. The molecule has 0 bridgehead atoms. The number of nitrogens with one attached hydrogen (secondary N) is 1. The van der Waals surface area contributed by atoms with Crippen molar-refractivity contribution in [2.24, 2.45) is 11.8 Å². The molecule has 4 nitrogen and oxygen atoms in total. The summed E-state index contributed by atoms with van der Waals surface area (Å²) in [5.74, 6) is -0.691. The molecule has 7 heteroatoms. The van der Waals surface area contributed by atoms with Crippen molar-refractivity contribution in [3.8, 4) is 0 Å². The second-order valence-corrected chi connectivity index (χ2v) is 9.52. The first-order chi connectivity index (χ1) is 14.3. The van der Waals surface area contributed by atoms with Gasteiger partial charge in [-0.1, -0.05) is 50.6 Å². The zero-order valence-electron chi connectivity index (χ0n) is 17.3. The number of nitrogens with zero attached hydrogens (tertiary/aromatic N) is 1. The molecule has 30 heavy (non-hydrogen) atoms. The van der Waals surface area contributed by atoms with Crippen LogP contribution in [0.2, 0.25) is 5.02 Å². The predicted molar refractivity (Wildman–Crippen MR) is 120 cm³/mol. The SMILES string of the molecule is CC(C)CCNC(=O)[C@@H](C)[C@@H]1Sc2ccccc2N(Cc2ccc(F)cc2Cl)C1=O. The van der Waals surface area contributed by atoms with Gasteiger partial charge in [-0.3, -0.25) is 9.59 Å². The Morgan fingerprint density at radius 1 is 1.23 bits per heavy atom. The lowest BCUT2D eigenvalue weighted by Gasteiger charge is -2.36. The predicted octanol–water partition coefficient (Wildman–Crippen LogP) is 5.29. The zero-order valence-corrected chi connectivity index (χ0v) is 18.9. The van der Waals surface area contributed by atoms with Gasteiger partial charge in [0.2, 0.25) is 11.8 Å².